The van der Waals surface area contributed by atoms with E-state index >= 15 is 0 Å². The Labute approximate surface area is 107 Å². The average molecular weight is 302 g/mol. The van der Waals surface area contributed by atoms with Crippen molar-refractivity contribution in [1.29, 1.82) is 0 Å². The molecule has 0 aromatic heterocycles. The van der Waals surface area contributed by atoms with Crippen LogP contribution in [-0.2, 0) is 4.74 Å². The maximum atomic E-state index is 13.3. The molecule has 0 bridgehead atoms. The molecule has 92 valence electrons. The fourth-order valence-corrected chi connectivity index (χ4v) is 2.29. The Morgan fingerprint density at radius 2 is 2.35 bits per heavy atom. The summed E-state index contributed by atoms with van der Waals surface area (Å²) in [5.41, 5.74) is 0.309. The van der Waals surface area contributed by atoms with Crippen LogP contribution in [0.4, 0.5) is 4.39 Å². The van der Waals surface area contributed by atoms with Crippen LogP contribution in [-0.4, -0.2) is 24.7 Å². The molecule has 17 heavy (non-hydrogen) atoms. The number of ether oxygens (including phenoxy) is 1. The summed E-state index contributed by atoms with van der Waals surface area (Å²) in [6.45, 7) is 2.56. The van der Waals surface area contributed by atoms with Crippen molar-refractivity contribution in [2.75, 3.05) is 6.61 Å². The standard InChI is InChI=1S/C12H13BrFNO2/c1-7-10(5-6-17-7)15-12(16)8-3-2-4-9(14)11(8)13/h2-4,7,10H,5-6H2,1H3,(H,15,16). The van der Waals surface area contributed by atoms with Gasteiger partial charge in [0.05, 0.1) is 22.2 Å². The van der Waals surface area contributed by atoms with E-state index in [1.165, 1.54) is 12.1 Å². The summed E-state index contributed by atoms with van der Waals surface area (Å²) in [5, 5.41) is 2.85. The van der Waals surface area contributed by atoms with Crippen LogP contribution in [0.3, 0.4) is 0 Å². The summed E-state index contributed by atoms with van der Waals surface area (Å²) >= 11 is 3.08. The molecule has 1 heterocycles. The second kappa shape index (κ2) is 5.14. The van der Waals surface area contributed by atoms with E-state index in [-0.39, 0.29) is 22.5 Å². The van der Waals surface area contributed by atoms with Crippen LogP contribution < -0.4 is 5.32 Å². The van der Waals surface area contributed by atoms with E-state index in [9.17, 15) is 9.18 Å². The third-order valence-corrected chi connectivity index (χ3v) is 3.69. The summed E-state index contributed by atoms with van der Waals surface area (Å²) in [5.74, 6) is -0.716. The Bertz CT molecular complexity index is 439. The quantitative estimate of drug-likeness (QED) is 0.911. The van der Waals surface area contributed by atoms with E-state index in [4.69, 9.17) is 4.74 Å². The van der Waals surface area contributed by atoms with Gasteiger partial charge in [0.1, 0.15) is 5.82 Å². The first-order chi connectivity index (χ1) is 8.09. The lowest BCUT2D eigenvalue weighted by Crippen LogP contribution is -2.39. The van der Waals surface area contributed by atoms with Crippen molar-refractivity contribution in [1.82, 2.24) is 5.32 Å². The zero-order valence-corrected chi connectivity index (χ0v) is 11.0. The molecule has 1 N–H and O–H groups in total. The Kier molecular flexibility index (Phi) is 3.79. The predicted octanol–water partition coefficient (Wildman–Crippen LogP) is 2.50. The highest BCUT2D eigenvalue weighted by atomic mass is 79.9. The minimum Gasteiger partial charge on any atom is -0.376 e. The van der Waals surface area contributed by atoms with Crippen molar-refractivity contribution in [2.24, 2.45) is 0 Å². The Morgan fingerprint density at radius 3 is 3.00 bits per heavy atom. The predicted molar refractivity (Wildman–Crippen MR) is 65.4 cm³/mol. The SMILES string of the molecule is CC1OCCC1NC(=O)c1cccc(F)c1Br. The number of hydrogen-bond donors (Lipinski definition) is 1. The molecule has 1 aliphatic rings. The van der Waals surface area contributed by atoms with Crippen molar-refractivity contribution in [3.63, 3.8) is 0 Å². The van der Waals surface area contributed by atoms with E-state index in [1.807, 2.05) is 6.92 Å². The summed E-state index contributed by atoms with van der Waals surface area (Å²) < 4.78 is 18.8. The lowest BCUT2D eigenvalue weighted by atomic mass is 10.1. The van der Waals surface area contributed by atoms with E-state index in [1.54, 1.807) is 6.07 Å². The van der Waals surface area contributed by atoms with Crippen LogP contribution in [0.5, 0.6) is 0 Å². The summed E-state index contributed by atoms with van der Waals surface area (Å²) in [4.78, 5) is 12.0. The van der Waals surface area contributed by atoms with Crippen LogP contribution >= 0.6 is 15.9 Å². The van der Waals surface area contributed by atoms with Gasteiger partial charge in [0.25, 0.3) is 5.91 Å². The normalized spacial score (nSPS) is 23.7. The van der Waals surface area contributed by atoms with E-state index in [0.29, 0.717) is 12.2 Å². The summed E-state index contributed by atoms with van der Waals surface area (Å²) in [7, 11) is 0. The first kappa shape index (κ1) is 12.5. The van der Waals surface area contributed by atoms with Crippen molar-refractivity contribution >= 4 is 21.8 Å². The molecule has 1 amide bonds. The lowest BCUT2D eigenvalue weighted by molar-refractivity contribution is 0.0865. The minimum absolute atomic E-state index is 0.00216. The van der Waals surface area contributed by atoms with Gasteiger partial charge in [-0.15, -0.1) is 0 Å². The number of nitrogens with one attached hydrogen (secondary N) is 1. The first-order valence-corrected chi connectivity index (χ1v) is 6.25. The van der Waals surface area contributed by atoms with E-state index < -0.39 is 5.82 Å². The van der Waals surface area contributed by atoms with Gasteiger partial charge in [-0.05, 0) is 41.4 Å². The molecule has 2 rings (SSSR count). The zero-order chi connectivity index (χ0) is 12.4. The second-order valence-corrected chi connectivity index (χ2v) is 4.84. The molecule has 5 heteroatoms. The summed E-state index contributed by atoms with van der Waals surface area (Å²) in [6, 6.07) is 4.41. The topological polar surface area (TPSA) is 38.3 Å². The Morgan fingerprint density at radius 1 is 1.59 bits per heavy atom. The number of hydrogen-bond acceptors (Lipinski definition) is 2. The molecule has 0 saturated carbocycles. The van der Waals surface area contributed by atoms with Crippen LogP contribution in [0.15, 0.2) is 22.7 Å². The fourth-order valence-electron chi connectivity index (χ4n) is 1.85. The van der Waals surface area contributed by atoms with E-state index in [0.717, 1.165) is 6.42 Å². The summed E-state index contributed by atoms with van der Waals surface area (Å²) in [6.07, 6.45) is 0.797. The number of carbonyl (C=O) groups is 1. The molecule has 1 aromatic carbocycles. The van der Waals surface area contributed by atoms with Crippen molar-refractivity contribution < 1.29 is 13.9 Å². The number of halogens is 2. The van der Waals surface area contributed by atoms with Crippen molar-refractivity contribution in [2.45, 2.75) is 25.5 Å². The van der Waals surface area contributed by atoms with Gasteiger partial charge in [0, 0.05) is 6.61 Å². The Balaban J connectivity index is 2.12. The third-order valence-electron chi connectivity index (χ3n) is 2.89. The van der Waals surface area contributed by atoms with Gasteiger partial charge in [-0.2, -0.15) is 0 Å². The maximum absolute atomic E-state index is 13.3. The second-order valence-electron chi connectivity index (χ2n) is 4.05. The van der Waals surface area contributed by atoms with Gasteiger partial charge in [0.2, 0.25) is 0 Å². The molecule has 2 unspecified atom stereocenters. The van der Waals surface area contributed by atoms with Crippen molar-refractivity contribution in [3.8, 4) is 0 Å². The smallest absolute Gasteiger partial charge is 0.252 e. The van der Waals surface area contributed by atoms with Gasteiger partial charge < -0.3 is 10.1 Å². The fraction of sp³-hybridized carbons (Fsp3) is 0.417. The molecule has 3 nitrogen and oxygen atoms in total. The highest BCUT2D eigenvalue weighted by Crippen LogP contribution is 2.21. The molecule has 1 aromatic rings. The highest BCUT2D eigenvalue weighted by Gasteiger charge is 2.26. The molecule has 2 atom stereocenters. The number of carbonyl (C=O) groups excluding carboxylic acids is 1. The first-order valence-electron chi connectivity index (χ1n) is 5.46. The molecule has 1 saturated heterocycles. The number of benzene rings is 1. The molecular formula is C12H13BrFNO2. The molecule has 0 radical (unpaired) electrons. The molecule has 0 spiro atoms. The van der Waals surface area contributed by atoms with Crippen LogP contribution in [0.1, 0.15) is 23.7 Å². The molecule has 1 fully saturated rings. The zero-order valence-electron chi connectivity index (χ0n) is 9.37. The van der Waals surface area contributed by atoms with Crippen LogP contribution in [0.2, 0.25) is 0 Å². The van der Waals surface area contributed by atoms with Crippen LogP contribution in [0.25, 0.3) is 0 Å². The highest BCUT2D eigenvalue weighted by molar-refractivity contribution is 9.10. The van der Waals surface area contributed by atoms with Gasteiger partial charge in [-0.1, -0.05) is 6.07 Å². The van der Waals surface area contributed by atoms with Gasteiger partial charge in [0.15, 0.2) is 0 Å². The van der Waals surface area contributed by atoms with Crippen LogP contribution in [0, 0.1) is 5.82 Å². The van der Waals surface area contributed by atoms with Gasteiger partial charge in [-0.25, -0.2) is 4.39 Å². The molecular weight excluding hydrogens is 289 g/mol. The minimum atomic E-state index is -0.437. The monoisotopic (exact) mass is 301 g/mol. The van der Waals surface area contributed by atoms with Gasteiger partial charge in [-0.3, -0.25) is 4.79 Å². The average Bonchev–Trinajstić information content (AvgIpc) is 2.68. The molecule has 0 aliphatic carbocycles. The number of rotatable bonds is 2. The maximum Gasteiger partial charge on any atom is 0.252 e. The largest absolute Gasteiger partial charge is 0.376 e. The molecule has 1 aliphatic heterocycles. The van der Waals surface area contributed by atoms with Crippen molar-refractivity contribution in [3.05, 3.63) is 34.1 Å². The Hall–Kier alpha value is -0.940. The van der Waals surface area contributed by atoms with Gasteiger partial charge >= 0.3 is 0 Å². The number of amides is 1. The third kappa shape index (κ3) is 2.66. The van der Waals surface area contributed by atoms with E-state index in [2.05, 4.69) is 21.2 Å². The lowest BCUT2D eigenvalue weighted by Gasteiger charge is -2.16.